The lowest BCUT2D eigenvalue weighted by Crippen LogP contribution is -1.93. The van der Waals surface area contributed by atoms with Crippen LogP contribution in [0.15, 0.2) is 64.8 Å². The van der Waals surface area contributed by atoms with Crippen molar-refractivity contribution in [2.24, 2.45) is 10.2 Å². The van der Waals surface area contributed by atoms with Gasteiger partial charge in [0.25, 0.3) is 0 Å². The number of nitrogen functional groups attached to an aromatic ring is 1. The van der Waals surface area contributed by atoms with Gasteiger partial charge in [0.1, 0.15) is 5.75 Å². The lowest BCUT2D eigenvalue weighted by molar-refractivity contribution is 0.0697. The molecule has 6 heteroatoms. The van der Waals surface area contributed by atoms with Gasteiger partial charge < -0.3 is 15.9 Å². The molecule has 0 radical (unpaired) electrons. The van der Waals surface area contributed by atoms with Crippen LogP contribution in [0.3, 0.4) is 0 Å². The number of fused-ring (bicyclic) bond motifs is 1. The average Bonchev–Trinajstić information content (AvgIpc) is 2.57. The standard InChI is InChI=1S/C17H13N3O3/c18-16-13-4-2-1-3-12(13)14(9-15(16)21)20-19-11-7-5-10(6-8-11)17(22)23/h1-9,21H,18H2,(H,22,23). The first kappa shape index (κ1) is 14.5. The number of benzene rings is 3. The SMILES string of the molecule is Nc1c(O)cc(N=Nc2ccc(C(=O)O)cc2)c2ccccc12. The van der Waals surface area contributed by atoms with Gasteiger partial charge in [0.15, 0.2) is 0 Å². The zero-order valence-corrected chi connectivity index (χ0v) is 12.0. The zero-order chi connectivity index (χ0) is 16.4. The Labute approximate surface area is 131 Å². The van der Waals surface area contributed by atoms with E-state index in [-0.39, 0.29) is 11.3 Å². The largest absolute Gasteiger partial charge is 0.506 e. The van der Waals surface area contributed by atoms with Crippen LogP contribution in [0.1, 0.15) is 10.4 Å². The second-order valence-electron chi connectivity index (χ2n) is 4.93. The van der Waals surface area contributed by atoms with Gasteiger partial charge in [-0.05, 0) is 24.3 Å². The topological polar surface area (TPSA) is 108 Å². The third kappa shape index (κ3) is 2.82. The number of nitrogens with two attached hydrogens (primary N) is 1. The first-order chi connectivity index (χ1) is 11.1. The third-order valence-corrected chi connectivity index (χ3v) is 3.43. The van der Waals surface area contributed by atoms with Gasteiger partial charge in [-0.15, -0.1) is 5.11 Å². The van der Waals surface area contributed by atoms with Crippen molar-refractivity contribution in [3.8, 4) is 5.75 Å². The minimum atomic E-state index is -0.997. The Morgan fingerprint density at radius 3 is 2.26 bits per heavy atom. The number of hydrogen-bond acceptors (Lipinski definition) is 5. The monoisotopic (exact) mass is 307 g/mol. The van der Waals surface area contributed by atoms with Crippen LogP contribution in [0.25, 0.3) is 10.8 Å². The first-order valence-electron chi connectivity index (χ1n) is 6.81. The van der Waals surface area contributed by atoms with E-state index in [4.69, 9.17) is 10.8 Å². The maximum atomic E-state index is 10.8. The van der Waals surface area contributed by atoms with Crippen molar-refractivity contribution in [3.05, 3.63) is 60.2 Å². The number of hydrogen-bond donors (Lipinski definition) is 3. The van der Waals surface area contributed by atoms with Gasteiger partial charge >= 0.3 is 5.97 Å². The second-order valence-corrected chi connectivity index (χ2v) is 4.93. The molecule has 3 aromatic rings. The van der Waals surface area contributed by atoms with E-state index in [2.05, 4.69) is 10.2 Å². The minimum absolute atomic E-state index is 0.0566. The minimum Gasteiger partial charge on any atom is -0.506 e. The Morgan fingerprint density at radius 2 is 1.61 bits per heavy atom. The number of carboxylic acid groups (broad SMARTS) is 1. The molecule has 114 valence electrons. The molecule has 3 rings (SSSR count). The number of phenolic OH excluding ortho intramolecular Hbond substituents is 1. The van der Waals surface area contributed by atoms with Crippen LogP contribution in [0, 0.1) is 0 Å². The fraction of sp³-hybridized carbons (Fsp3) is 0. The highest BCUT2D eigenvalue weighted by molar-refractivity contribution is 6.02. The number of anilines is 1. The van der Waals surface area contributed by atoms with Crippen LogP contribution in [-0.4, -0.2) is 16.2 Å². The van der Waals surface area contributed by atoms with Gasteiger partial charge in [-0.25, -0.2) is 4.79 Å². The van der Waals surface area contributed by atoms with Gasteiger partial charge in [0.2, 0.25) is 0 Å². The van der Waals surface area contributed by atoms with E-state index in [0.29, 0.717) is 22.4 Å². The highest BCUT2D eigenvalue weighted by atomic mass is 16.4. The summed E-state index contributed by atoms with van der Waals surface area (Å²) < 4.78 is 0. The maximum absolute atomic E-state index is 10.8. The molecule has 0 heterocycles. The number of aromatic hydroxyl groups is 1. The Bertz CT molecular complexity index is 918. The average molecular weight is 307 g/mol. The highest BCUT2D eigenvalue weighted by Gasteiger charge is 2.08. The molecule has 6 nitrogen and oxygen atoms in total. The number of aromatic carboxylic acids is 1. The van der Waals surface area contributed by atoms with E-state index in [1.165, 1.54) is 18.2 Å². The molecule has 0 saturated heterocycles. The summed E-state index contributed by atoms with van der Waals surface area (Å²) in [5.41, 5.74) is 7.33. The number of azo groups is 1. The lowest BCUT2D eigenvalue weighted by atomic mass is 10.1. The summed E-state index contributed by atoms with van der Waals surface area (Å²) in [6.07, 6.45) is 0. The van der Waals surface area contributed by atoms with Gasteiger partial charge in [-0.2, -0.15) is 5.11 Å². The second kappa shape index (κ2) is 5.76. The van der Waals surface area contributed by atoms with Gasteiger partial charge in [-0.1, -0.05) is 24.3 Å². The predicted molar refractivity (Wildman–Crippen MR) is 87.6 cm³/mol. The number of carboxylic acids is 1. The third-order valence-electron chi connectivity index (χ3n) is 3.43. The number of nitrogens with zero attached hydrogens (tertiary/aromatic N) is 2. The Balaban J connectivity index is 2.01. The van der Waals surface area contributed by atoms with Crippen LogP contribution < -0.4 is 5.73 Å². The molecule has 3 aromatic carbocycles. The first-order valence-corrected chi connectivity index (χ1v) is 6.81. The van der Waals surface area contributed by atoms with Gasteiger partial charge in [0.05, 0.1) is 22.6 Å². The van der Waals surface area contributed by atoms with E-state index in [9.17, 15) is 9.90 Å². The summed E-state index contributed by atoms with van der Waals surface area (Å²) in [5.74, 6) is -1.05. The summed E-state index contributed by atoms with van der Waals surface area (Å²) in [7, 11) is 0. The normalized spacial score (nSPS) is 11.1. The molecule has 0 saturated carbocycles. The molecule has 23 heavy (non-hydrogen) atoms. The Kier molecular flexibility index (Phi) is 3.64. The van der Waals surface area contributed by atoms with Crippen molar-refractivity contribution in [1.82, 2.24) is 0 Å². The summed E-state index contributed by atoms with van der Waals surface area (Å²) in [6, 6.07) is 14.8. The van der Waals surface area contributed by atoms with Crippen LogP contribution in [-0.2, 0) is 0 Å². The molecule has 0 fully saturated rings. The molecule has 0 spiro atoms. The number of carbonyl (C=O) groups is 1. The van der Waals surface area contributed by atoms with Crippen molar-refractivity contribution in [2.75, 3.05) is 5.73 Å². The summed E-state index contributed by atoms with van der Waals surface area (Å²) in [4.78, 5) is 10.8. The van der Waals surface area contributed by atoms with E-state index in [1.54, 1.807) is 18.2 Å². The molecule has 0 atom stereocenters. The van der Waals surface area contributed by atoms with Crippen LogP contribution in [0.5, 0.6) is 5.75 Å². The van der Waals surface area contributed by atoms with Gasteiger partial charge in [-0.3, -0.25) is 0 Å². The molecule has 0 unspecified atom stereocenters. The molecule has 0 aromatic heterocycles. The maximum Gasteiger partial charge on any atom is 0.335 e. The smallest absolute Gasteiger partial charge is 0.335 e. The molecule has 4 N–H and O–H groups in total. The van der Waals surface area contributed by atoms with Crippen LogP contribution >= 0.6 is 0 Å². The summed E-state index contributed by atoms with van der Waals surface area (Å²) >= 11 is 0. The fourth-order valence-corrected chi connectivity index (χ4v) is 2.23. The molecule has 0 amide bonds. The van der Waals surface area contributed by atoms with Crippen molar-refractivity contribution >= 4 is 33.8 Å². The zero-order valence-electron chi connectivity index (χ0n) is 12.0. The van der Waals surface area contributed by atoms with Crippen molar-refractivity contribution < 1.29 is 15.0 Å². The lowest BCUT2D eigenvalue weighted by Gasteiger charge is -2.06. The fourth-order valence-electron chi connectivity index (χ4n) is 2.23. The molecular formula is C17H13N3O3. The molecule has 0 aliphatic rings. The van der Waals surface area contributed by atoms with Gasteiger partial charge in [0, 0.05) is 16.8 Å². The molecule has 0 aliphatic heterocycles. The van der Waals surface area contributed by atoms with Crippen molar-refractivity contribution in [1.29, 1.82) is 0 Å². The van der Waals surface area contributed by atoms with E-state index in [0.717, 1.165) is 5.39 Å². The molecule has 0 aliphatic carbocycles. The summed E-state index contributed by atoms with van der Waals surface area (Å²) in [5, 5.41) is 28.5. The highest BCUT2D eigenvalue weighted by Crippen LogP contribution is 2.37. The number of rotatable bonds is 3. The van der Waals surface area contributed by atoms with Crippen molar-refractivity contribution in [2.45, 2.75) is 0 Å². The number of phenols is 1. The predicted octanol–water partition coefficient (Wildman–Crippen LogP) is 4.24. The van der Waals surface area contributed by atoms with E-state index >= 15 is 0 Å². The van der Waals surface area contributed by atoms with Crippen LogP contribution in [0.2, 0.25) is 0 Å². The quantitative estimate of drug-likeness (QED) is 0.382. The van der Waals surface area contributed by atoms with Crippen molar-refractivity contribution in [3.63, 3.8) is 0 Å². The van der Waals surface area contributed by atoms with E-state index in [1.807, 2.05) is 18.2 Å². The Morgan fingerprint density at radius 1 is 0.957 bits per heavy atom. The molecular weight excluding hydrogens is 294 g/mol. The summed E-state index contributed by atoms with van der Waals surface area (Å²) in [6.45, 7) is 0. The Hall–Kier alpha value is -3.41. The van der Waals surface area contributed by atoms with Crippen LogP contribution in [0.4, 0.5) is 17.1 Å². The van der Waals surface area contributed by atoms with E-state index < -0.39 is 5.97 Å². The molecule has 0 bridgehead atoms.